The van der Waals surface area contributed by atoms with Crippen molar-refractivity contribution in [2.45, 2.75) is 30.8 Å². The molecule has 2 N–H and O–H groups in total. The van der Waals surface area contributed by atoms with Gasteiger partial charge in [-0.3, -0.25) is 9.88 Å². The van der Waals surface area contributed by atoms with Gasteiger partial charge in [0.15, 0.2) is 0 Å². The van der Waals surface area contributed by atoms with Gasteiger partial charge in [0.05, 0.1) is 12.3 Å². The van der Waals surface area contributed by atoms with E-state index in [1.54, 1.807) is 11.1 Å². The topological polar surface area (TPSA) is 68.7 Å². The molecule has 0 saturated carbocycles. The van der Waals surface area contributed by atoms with Gasteiger partial charge < -0.3 is 15.3 Å². The number of benzene rings is 2. The van der Waals surface area contributed by atoms with E-state index < -0.39 is 17.7 Å². The van der Waals surface area contributed by atoms with E-state index in [2.05, 4.69) is 39.5 Å². The summed E-state index contributed by atoms with van der Waals surface area (Å²) in [5, 5.41) is 12.7. The van der Waals surface area contributed by atoms with Gasteiger partial charge in [0.25, 0.3) is 0 Å². The van der Waals surface area contributed by atoms with Crippen LogP contribution in [0, 0.1) is 11.6 Å². The number of aliphatic hydroxyl groups excluding tert-OH is 1. The Kier molecular flexibility index (Phi) is 6.74. The van der Waals surface area contributed by atoms with Crippen LogP contribution in [0.5, 0.6) is 0 Å². The number of nitrogens with one attached hydrogen (secondary N) is 1. The Labute approximate surface area is 203 Å². The molecule has 3 aromatic rings. The average Bonchev–Trinajstić information content (AvgIpc) is 2.86. The second-order valence-electron chi connectivity index (χ2n) is 9.15. The molecule has 0 radical (unpaired) electrons. The van der Waals surface area contributed by atoms with Crippen LogP contribution in [0.15, 0.2) is 67.0 Å². The van der Waals surface area contributed by atoms with Crippen molar-refractivity contribution < 1.29 is 18.7 Å². The molecule has 2 amide bonds. The van der Waals surface area contributed by atoms with Gasteiger partial charge in [-0.05, 0) is 54.3 Å². The normalized spacial score (nSPS) is 22.5. The third kappa shape index (κ3) is 4.76. The molecule has 0 aliphatic carbocycles. The van der Waals surface area contributed by atoms with E-state index in [1.165, 1.54) is 0 Å². The molecule has 2 aromatic carbocycles. The van der Waals surface area contributed by atoms with Crippen molar-refractivity contribution in [2.75, 3.05) is 31.6 Å². The first-order chi connectivity index (χ1) is 17.0. The number of hydrogen-bond donors (Lipinski definition) is 2. The fourth-order valence-corrected chi connectivity index (χ4v) is 5.34. The second-order valence-corrected chi connectivity index (χ2v) is 9.15. The number of carbonyl (C=O) groups is 1. The highest BCUT2D eigenvalue weighted by Gasteiger charge is 2.49. The third-order valence-electron chi connectivity index (χ3n) is 7.12. The number of nitrogens with zero attached hydrogens (tertiary/aromatic N) is 3. The largest absolute Gasteiger partial charge is 0.395 e. The summed E-state index contributed by atoms with van der Waals surface area (Å²) in [6.45, 7) is 1.86. The molecule has 3 heterocycles. The second kappa shape index (κ2) is 10.1. The maximum Gasteiger partial charge on any atom is 0.321 e. The fourth-order valence-electron chi connectivity index (χ4n) is 5.34. The van der Waals surface area contributed by atoms with Gasteiger partial charge in [0, 0.05) is 49.6 Å². The van der Waals surface area contributed by atoms with Gasteiger partial charge in [-0.25, -0.2) is 13.6 Å². The molecule has 2 fully saturated rings. The molecule has 1 aromatic heterocycles. The molecule has 182 valence electrons. The van der Waals surface area contributed by atoms with Gasteiger partial charge in [-0.1, -0.05) is 30.3 Å². The van der Waals surface area contributed by atoms with E-state index in [0.29, 0.717) is 13.1 Å². The zero-order valence-electron chi connectivity index (χ0n) is 19.3. The molecule has 0 spiro atoms. The lowest BCUT2D eigenvalue weighted by Gasteiger charge is -2.57. The highest BCUT2D eigenvalue weighted by molar-refractivity contribution is 5.89. The number of urea groups is 1. The summed E-state index contributed by atoms with van der Waals surface area (Å²) in [6, 6.07) is 14.8. The van der Waals surface area contributed by atoms with Gasteiger partial charge >= 0.3 is 6.03 Å². The number of amides is 2. The molecule has 2 aliphatic rings. The first-order valence-corrected chi connectivity index (χ1v) is 11.9. The molecule has 2 saturated heterocycles. The van der Waals surface area contributed by atoms with Crippen LogP contribution in [0.2, 0.25) is 0 Å². The first kappa shape index (κ1) is 23.4. The van der Waals surface area contributed by atoms with E-state index in [1.807, 2.05) is 18.3 Å². The number of anilines is 1. The molecule has 35 heavy (non-hydrogen) atoms. The Morgan fingerprint density at radius 2 is 1.86 bits per heavy atom. The van der Waals surface area contributed by atoms with Crippen molar-refractivity contribution in [1.29, 1.82) is 0 Å². The lowest BCUT2D eigenvalue weighted by molar-refractivity contribution is -0.0585. The minimum atomic E-state index is -0.677. The summed E-state index contributed by atoms with van der Waals surface area (Å²) < 4.78 is 27.7. The van der Waals surface area contributed by atoms with Gasteiger partial charge in [0.2, 0.25) is 0 Å². The predicted molar refractivity (Wildman–Crippen MR) is 130 cm³/mol. The van der Waals surface area contributed by atoms with Crippen LogP contribution in [-0.2, 0) is 0 Å². The highest BCUT2D eigenvalue weighted by atomic mass is 19.1. The summed E-state index contributed by atoms with van der Waals surface area (Å²) in [7, 11) is 0. The number of carbonyl (C=O) groups excluding carboxylic acids is 1. The molecule has 8 heteroatoms. The monoisotopic (exact) mass is 478 g/mol. The number of rotatable bonds is 4. The summed E-state index contributed by atoms with van der Waals surface area (Å²) in [4.78, 5) is 21.1. The lowest BCUT2D eigenvalue weighted by Crippen LogP contribution is -2.68. The van der Waals surface area contributed by atoms with E-state index in [-0.39, 0.29) is 30.3 Å². The number of aliphatic hydroxyl groups is 1. The standard InChI is InChI=1S/C27H28F2N4O2/c28-21-9-10-22(29)23(14-21)31-27(35)32-12-1-2-13-33-24(16-32)26(25(33)17-34)19-7-5-18(6-8-19)20-4-3-11-30-15-20/h3-11,14-15,24-26,34H,1-2,12-13,16-17H2,(H,31,35)/t24-,25+,26-/m0/s1. The number of aromatic nitrogens is 1. The van der Waals surface area contributed by atoms with Crippen LogP contribution >= 0.6 is 0 Å². The van der Waals surface area contributed by atoms with Crippen LogP contribution in [0.1, 0.15) is 24.3 Å². The number of fused-ring (bicyclic) bond motifs is 1. The number of pyridine rings is 1. The molecule has 0 unspecified atom stereocenters. The van der Waals surface area contributed by atoms with Crippen LogP contribution in [-0.4, -0.2) is 64.2 Å². The van der Waals surface area contributed by atoms with Crippen molar-refractivity contribution in [3.8, 4) is 11.1 Å². The molecule has 3 atom stereocenters. The first-order valence-electron chi connectivity index (χ1n) is 11.9. The minimum absolute atomic E-state index is 0.0204. The third-order valence-corrected chi connectivity index (χ3v) is 7.12. The van der Waals surface area contributed by atoms with E-state index in [4.69, 9.17) is 0 Å². The van der Waals surface area contributed by atoms with Crippen molar-refractivity contribution in [3.05, 3.63) is 84.2 Å². The van der Waals surface area contributed by atoms with Gasteiger partial charge in [0.1, 0.15) is 11.6 Å². The smallest absolute Gasteiger partial charge is 0.321 e. The quantitative estimate of drug-likeness (QED) is 0.580. The Balaban J connectivity index is 1.35. The van der Waals surface area contributed by atoms with Crippen molar-refractivity contribution in [3.63, 3.8) is 0 Å². The SMILES string of the molecule is O=C(Nc1cc(F)ccc1F)N1CCCCN2[C@H](CO)[C@@H](c3ccc(-c4cccnc4)cc3)[C@@H]2C1. The van der Waals surface area contributed by atoms with E-state index >= 15 is 0 Å². The van der Waals surface area contributed by atoms with Crippen molar-refractivity contribution in [2.24, 2.45) is 0 Å². The Morgan fingerprint density at radius 1 is 1.06 bits per heavy atom. The lowest BCUT2D eigenvalue weighted by atomic mass is 9.74. The van der Waals surface area contributed by atoms with Crippen molar-refractivity contribution in [1.82, 2.24) is 14.8 Å². The molecule has 5 rings (SSSR count). The van der Waals surface area contributed by atoms with Crippen molar-refractivity contribution >= 4 is 11.7 Å². The Morgan fingerprint density at radius 3 is 2.60 bits per heavy atom. The summed E-state index contributed by atoms with van der Waals surface area (Å²) >= 11 is 0. The van der Waals surface area contributed by atoms with Gasteiger partial charge in [-0.2, -0.15) is 0 Å². The summed E-state index contributed by atoms with van der Waals surface area (Å²) in [5.74, 6) is -1.23. The maximum atomic E-state index is 14.1. The van der Waals surface area contributed by atoms with Crippen LogP contribution < -0.4 is 5.32 Å². The highest BCUT2D eigenvalue weighted by Crippen LogP contribution is 2.42. The summed E-state index contributed by atoms with van der Waals surface area (Å²) in [5.41, 5.74) is 3.04. The average molecular weight is 479 g/mol. The zero-order valence-corrected chi connectivity index (χ0v) is 19.3. The number of hydrogen-bond acceptors (Lipinski definition) is 4. The zero-order chi connectivity index (χ0) is 24.4. The van der Waals surface area contributed by atoms with Crippen LogP contribution in [0.25, 0.3) is 11.1 Å². The van der Waals surface area contributed by atoms with Gasteiger partial charge in [-0.15, -0.1) is 0 Å². The molecule has 2 aliphatic heterocycles. The Bertz CT molecular complexity index is 1180. The fraction of sp³-hybridized carbons (Fsp3) is 0.333. The Hall–Kier alpha value is -3.36. The summed E-state index contributed by atoms with van der Waals surface area (Å²) in [6.07, 6.45) is 5.25. The number of halogens is 2. The molecular formula is C27H28F2N4O2. The van der Waals surface area contributed by atoms with E-state index in [0.717, 1.165) is 54.3 Å². The van der Waals surface area contributed by atoms with Crippen LogP contribution in [0.3, 0.4) is 0 Å². The minimum Gasteiger partial charge on any atom is -0.395 e. The maximum absolute atomic E-state index is 14.1. The molecular weight excluding hydrogens is 450 g/mol. The molecule has 0 bridgehead atoms. The molecule has 6 nitrogen and oxygen atoms in total. The predicted octanol–water partition coefficient (Wildman–Crippen LogP) is 4.48. The van der Waals surface area contributed by atoms with Crippen LogP contribution in [0.4, 0.5) is 19.3 Å². The van der Waals surface area contributed by atoms with E-state index in [9.17, 15) is 18.7 Å².